The van der Waals surface area contributed by atoms with E-state index in [-0.39, 0.29) is 23.9 Å². The SMILES string of the molecule is Cc1cc(C(=O)Cc2ccc([C@H]3CNCCO3)nc2)nc(C(F)(F)F)n1. The Labute approximate surface area is 147 Å². The first-order valence-corrected chi connectivity index (χ1v) is 8.06. The van der Waals surface area contributed by atoms with Gasteiger partial charge in [0.1, 0.15) is 11.8 Å². The zero-order chi connectivity index (χ0) is 18.7. The Morgan fingerprint density at radius 1 is 1.35 bits per heavy atom. The fourth-order valence-electron chi connectivity index (χ4n) is 2.60. The minimum absolute atomic E-state index is 0.0890. The molecule has 0 spiro atoms. The van der Waals surface area contributed by atoms with E-state index in [1.165, 1.54) is 19.2 Å². The normalized spacial score (nSPS) is 17.9. The van der Waals surface area contributed by atoms with Crippen molar-refractivity contribution in [2.24, 2.45) is 0 Å². The summed E-state index contributed by atoms with van der Waals surface area (Å²) < 4.78 is 44.0. The fourth-order valence-corrected chi connectivity index (χ4v) is 2.60. The Kier molecular flexibility index (Phi) is 5.28. The summed E-state index contributed by atoms with van der Waals surface area (Å²) in [4.78, 5) is 23.3. The van der Waals surface area contributed by atoms with Gasteiger partial charge >= 0.3 is 6.18 Å². The van der Waals surface area contributed by atoms with Gasteiger partial charge in [0.05, 0.1) is 12.3 Å². The summed E-state index contributed by atoms with van der Waals surface area (Å²) in [6.45, 7) is 3.44. The number of carbonyl (C=O) groups is 1. The molecule has 9 heteroatoms. The highest BCUT2D eigenvalue weighted by molar-refractivity contribution is 5.95. The summed E-state index contributed by atoms with van der Waals surface area (Å²) >= 11 is 0. The smallest absolute Gasteiger partial charge is 0.369 e. The van der Waals surface area contributed by atoms with Crippen LogP contribution in [0.15, 0.2) is 24.4 Å². The van der Waals surface area contributed by atoms with Crippen molar-refractivity contribution in [3.63, 3.8) is 0 Å². The first kappa shape index (κ1) is 18.4. The third kappa shape index (κ3) is 4.41. The molecule has 0 amide bonds. The lowest BCUT2D eigenvalue weighted by molar-refractivity contribution is -0.145. The third-order valence-electron chi connectivity index (χ3n) is 3.86. The third-order valence-corrected chi connectivity index (χ3v) is 3.86. The van der Waals surface area contributed by atoms with Crippen molar-refractivity contribution in [1.82, 2.24) is 20.3 Å². The highest BCUT2D eigenvalue weighted by Gasteiger charge is 2.35. The molecule has 1 atom stereocenters. The van der Waals surface area contributed by atoms with Crippen LogP contribution in [0.3, 0.4) is 0 Å². The molecule has 1 N–H and O–H groups in total. The molecule has 1 saturated heterocycles. The molecule has 0 saturated carbocycles. The van der Waals surface area contributed by atoms with E-state index >= 15 is 0 Å². The first-order valence-electron chi connectivity index (χ1n) is 8.06. The Morgan fingerprint density at radius 2 is 2.15 bits per heavy atom. The summed E-state index contributed by atoms with van der Waals surface area (Å²) in [5.74, 6) is -1.83. The van der Waals surface area contributed by atoms with Gasteiger partial charge in [0.25, 0.3) is 0 Å². The van der Waals surface area contributed by atoms with Crippen LogP contribution in [0.2, 0.25) is 0 Å². The number of aryl methyl sites for hydroxylation is 1. The van der Waals surface area contributed by atoms with Crippen molar-refractivity contribution in [1.29, 1.82) is 0 Å². The maximum Gasteiger partial charge on any atom is 0.451 e. The van der Waals surface area contributed by atoms with Crippen molar-refractivity contribution in [3.8, 4) is 0 Å². The van der Waals surface area contributed by atoms with Crippen LogP contribution in [0, 0.1) is 6.92 Å². The second-order valence-corrected chi connectivity index (χ2v) is 5.97. The molecule has 0 bridgehead atoms. The monoisotopic (exact) mass is 366 g/mol. The van der Waals surface area contributed by atoms with Gasteiger partial charge in [0.15, 0.2) is 5.78 Å². The van der Waals surface area contributed by atoms with Gasteiger partial charge in [0, 0.05) is 31.4 Å². The largest absolute Gasteiger partial charge is 0.451 e. The van der Waals surface area contributed by atoms with Gasteiger partial charge in [-0.1, -0.05) is 6.07 Å². The first-order chi connectivity index (χ1) is 12.3. The highest BCUT2D eigenvalue weighted by atomic mass is 19.4. The van der Waals surface area contributed by atoms with E-state index in [0.29, 0.717) is 18.7 Å². The van der Waals surface area contributed by atoms with Crippen LogP contribution >= 0.6 is 0 Å². The van der Waals surface area contributed by atoms with Gasteiger partial charge in [-0.3, -0.25) is 9.78 Å². The number of halogens is 3. The molecule has 2 aromatic heterocycles. The number of morpholine rings is 1. The number of Topliss-reactive ketones (excluding diaryl/α,β-unsaturated/α-hetero) is 1. The predicted octanol–water partition coefficient (Wildman–Crippen LogP) is 2.29. The lowest BCUT2D eigenvalue weighted by atomic mass is 10.1. The topological polar surface area (TPSA) is 77.0 Å². The maximum absolute atomic E-state index is 12.8. The Bertz CT molecular complexity index is 788. The molecule has 3 rings (SSSR count). The number of pyridine rings is 1. The van der Waals surface area contributed by atoms with Crippen molar-refractivity contribution in [2.45, 2.75) is 25.6 Å². The van der Waals surface area contributed by atoms with E-state index in [1.54, 1.807) is 12.1 Å². The zero-order valence-corrected chi connectivity index (χ0v) is 14.0. The Balaban J connectivity index is 1.72. The molecule has 26 heavy (non-hydrogen) atoms. The minimum atomic E-state index is -4.70. The Hall–Kier alpha value is -2.39. The van der Waals surface area contributed by atoms with Crippen LogP contribution in [0.4, 0.5) is 13.2 Å². The fraction of sp³-hybridized carbons (Fsp3) is 0.412. The molecular formula is C17H17F3N4O2. The number of hydrogen-bond acceptors (Lipinski definition) is 6. The molecule has 138 valence electrons. The average molecular weight is 366 g/mol. The minimum Gasteiger partial charge on any atom is -0.369 e. The molecule has 0 aromatic carbocycles. The maximum atomic E-state index is 12.8. The van der Waals surface area contributed by atoms with E-state index in [9.17, 15) is 18.0 Å². The average Bonchev–Trinajstić information content (AvgIpc) is 2.62. The molecule has 2 aromatic rings. The van der Waals surface area contributed by atoms with Crippen LogP contribution in [-0.4, -0.2) is 40.4 Å². The second-order valence-electron chi connectivity index (χ2n) is 5.97. The molecule has 1 fully saturated rings. The van der Waals surface area contributed by atoms with Gasteiger partial charge in [-0.05, 0) is 24.6 Å². The highest BCUT2D eigenvalue weighted by Crippen LogP contribution is 2.26. The van der Waals surface area contributed by atoms with Gasteiger partial charge in [-0.15, -0.1) is 0 Å². The van der Waals surface area contributed by atoms with Crippen LogP contribution in [0.1, 0.15) is 39.4 Å². The van der Waals surface area contributed by atoms with Gasteiger partial charge in [-0.2, -0.15) is 13.2 Å². The van der Waals surface area contributed by atoms with E-state index < -0.39 is 17.8 Å². The summed E-state index contributed by atoms with van der Waals surface area (Å²) in [6.07, 6.45) is -3.40. The zero-order valence-electron chi connectivity index (χ0n) is 14.0. The molecule has 0 aliphatic carbocycles. The van der Waals surface area contributed by atoms with Crippen molar-refractivity contribution in [3.05, 3.63) is 52.9 Å². The van der Waals surface area contributed by atoms with E-state index in [4.69, 9.17) is 4.74 Å². The Morgan fingerprint density at radius 3 is 2.77 bits per heavy atom. The quantitative estimate of drug-likeness (QED) is 0.837. The number of hydrogen-bond donors (Lipinski definition) is 1. The van der Waals surface area contributed by atoms with Crippen LogP contribution in [0.25, 0.3) is 0 Å². The molecule has 0 radical (unpaired) electrons. The number of ketones is 1. The lowest BCUT2D eigenvalue weighted by Crippen LogP contribution is -2.33. The molecule has 6 nitrogen and oxygen atoms in total. The number of carbonyl (C=O) groups excluding carboxylic acids is 1. The number of rotatable bonds is 4. The lowest BCUT2D eigenvalue weighted by Gasteiger charge is -2.23. The molecule has 3 heterocycles. The van der Waals surface area contributed by atoms with Crippen molar-refractivity contribution in [2.75, 3.05) is 19.7 Å². The van der Waals surface area contributed by atoms with E-state index in [2.05, 4.69) is 20.3 Å². The molecule has 0 unspecified atom stereocenters. The number of nitrogens with one attached hydrogen (secondary N) is 1. The van der Waals surface area contributed by atoms with E-state index in [0.717, 1.165) is 12.2 Å². The van der Waals surface area contributed by atoms with Crippen LogP contribution in [-0.2, 0) is 17.3 Å². The second kappa shape index (κ2) is 7.46. The van der Waals surface area contributed by atoms with Gasteiger partial charge in [-0.25, -0.2) is 9.97 Å². The predicted molar refractivity (Wildman–Crippen MR) is 85.6 cm³/mol. The summed E-state index contributed by atoms with van der Waals surface area (Å²) in [5.41, 5.74) is 1.16. The van der Waals surface area contributed by atoms with Crippen molar-refractivity contribution < 1.29 is 22.7 Å². The molecular weight excluding hydrogens is 349 g/mol. The number of nitrogens with zero attached hydrogens (tertiary/aromatic N) is 3. The van der Waals surface area contributed by atoms with E-state index in [1.807, 2.05) is 0 Å². The van der Waals surface area contributed by atoms with Gasteiger partial charge < -0.3 is 10.1 Å². The summed E-state index contributed by atoms with van der Waals surface area (Å²) in [6, 6.07) is 4.73. The molecule has 1 aliphatic heterocycles. The number of alkyl halides is 3. The number of aromatic nitrogens is 3. The standard InChI is InChI=1S/C17H17F3N4O2/c1-10-6-13(24-16(23-10)17(18,19)20)14(25)7-11-2-3-12(22-8-11)15-9-21-4-5-26-15/h2-3,6,8,15,21H,4-5,7,9H2,1H3/t15-/m1/s1. The molecule has 1 aliphatic rings. The van der Waals surface area contributed by atoms with Crippen LogP contribution < -0.4 is 5.32 Å². The summed E-state index contributed by atoms with van der Waals surface area (Å²) in [5, 5.41) is 3.20. The summed E-state index contributed by atoms with van der Waals surface area (Å²) in [7, 11) is 0. The van der Waals surface area contributed by atoms with Crippen molar-refractivity contribution >= 4 is 5.78 Å². The number of ether oxygens (including phenoxy) is 1. The van der Waals surface area contributed by atoms with Gasteiger partial charge in [0.2, 0.25) is 5.82 Å². The van der Waals surface area contributed by atoms with Crippen LogP contribution in [0.5, 0.6) is 0 Å².